The van der Waals surface area contributed by atoms with E-state index in [9.17, 15) is 5.11 Å². The fraction of sp³-hybridized carbons (Fsp3) is 1.00. The maximum atomic E-state index is 9.83. The second kappa shape index (κ2) is 5.26. The minimum atomic E-state index is -0.975. The first-order chi connectivity index (χ1) is 8.44. The lowest BCUT2D eigenvalue weighted by molar-refractivity contribution is -0.446. The Labute approximate surface area is 112 Å². The average molecular weight is 278 g/mol. The van der Waals surface area contributed by atoms with Crippen LogP contribution < -0.4 is 0 Å². The van der Waals surface area contributed by atoms with Crippen molar-refractivity contribution in [2.75, 3.05) is 25.7 Å². The predicted octanol–water partition coefficient (Wildman–Crippen LogP) is 0.993. The lowest BCUT2D eigenvalue weighted by Gasteiger charge is -2.51. The molecule has 0 aromatic rings. The van der Waals surface area contributed by atoms with Gasteiger partial charge in [0.1, 0.15) is 0 Å². The highest BCUT2D eigenvalue weighted by atomic mass is 32.2. The fourth-order valence-corrected chi connectivity index (χ4v) is 3.47. The molecule has 2 rings (SSSR count). The zero-order chi connectivity index (χ0) is 13.4. The van der Waals surface area contributed by atoms with Crippen LogP contribution in [0.2, 0.25) is 0 Å². The second-order valence-corrected chi connectivity index (χ2v) is 6.11. The monoisotopic (exact) mass is 278 g/mol. The lowest BCUT2D eigenvalue weighted by atomic mass is 10.0. The maximum absolute atomic E-state index is 9.83. The van der Waals surface area contributed by atoms with Crippen LogP contribution >= 0.6 is 11.8 Å². The molecule has 0 bridgehead atoms. The van der Waals surface area contributed by atoms with E-state index >= 15 is 0 Å². The van der Waals surface area contributed by atoms with E-state index in [1.165, 1.54) is 0 Å². The molecule has 5 atom stereocenters. The first-order valence-corrected chi connectivity index (χ1v) is 7.31. The molecule has 0 aliphatic carbocycles. The molecule has 2 heterocycles. The SMILES string of the molecule is CO[C@@]1(C)O[C@@H]2CSC[C@@H](O)C[C@H]2O[C@]1(C)OC. The van der Waals surface area contributed by atoms with E-state index in [1.54, 1.807) is 32.9 Å². The summed E-state index contributed by atoms with van der Waals surface area (Å²) in [5.41, 5.74) is 0. The summed E-state index contributed by atoms with van der Waals surface area (Å²) in [6.07, 6.45) is -0.0405. The molecular weight excluding hydrogens is 256 g/mol. The fourth-order valence-electron chi connectivity index (χ4n) is 2.41. The van der Waals surface area contributed by atoms with E-state index in [0.717, 1.165) is 5.75 Å². The first kappa shape index (κ1) is 14.6. The molecule has 0 spiro atoms. The van der Waals surface area contributed by atoms with E-state index in [4.69, 9.17) is 18.9 Å². The molecule has 0 radical (unpaired) electrons. The van der Waals surface area contributed by atoms with Gasteiger partial charge in [0.25, 0.3) is 0 Å². The Hall–Kier alpha value is 0.150. The van der Waals surface area contributed by atoms with E-state index in [2.05, 4.69) is 0 Å². The highest BCUT2D eigenvalue weighted by Gasteiger charge is 2.56. The summed E-state index contributed by atoms with van der Waals surface area (Å²) in [6, 6.07) is 0. The van der Waals surface area contributed by atoms with E-state index < -0.39 is 11.6 Å². The Morgan fingerprint density at radius 2 is 1.61 bits per heavy atom. The molecule has 106 valence electrons. The number of thioether (sulfide) groups is 1. The van der Waals surface area contributed by atoms with Gasteiger partial charge in [-0.25, -0.2) is 0 Å². The van der Waals surface area contributed by atoms with E-state index in [-0.39, 0.29) is 18.3 Å². The summed E-state index contributed by atoms with van der Waals surface area (Å²) in [4.78, 5) is 0. The van der Waals surface area contributed by atoms with Crippen LogP contribution in [0.15, 0.2) is 0 Å². The third-order valence-corrected chi connectivity index (χ3v) is 5.05. The highest BCUT2D eigenvalue weighted by molar-refractivity contribution is 7.99. The molecule has 5 nitrogen and oxygen atoms in total. The van der Waals surface area contributed by atoms with Crippen molar-refractivity contribution in [3.63, 3.8) is 0 Å². The van der Waals surface area contributed by atoms with Crippen molar-refractivity contribution in [1.82, 2.24) is 0 Å². The van der Waals surface area contributed by atoms with Crippen LogP contribution in [-0.4, -0.2) is 60.7 Å². The van der Waals surface area contributed by atoms with Gasteiger partial charge in [-0.05, 0) is 13.8 Å². The van der Waals surface area contributed by atoms with Gasteiger partial charge in [0.15, 0.2) is 0 Å². The Morgan fingerprint density at radius 1 is 1.06 bits per heavy atom. The number of aliphatic hydroxyl groups excluding tert-OH is 1. The van der Waals surface area contributed by atoms with Crippen LogP contribution in [0.1, 0.15) is 20.3 Å². The van der Waals surface area contributed by atoms with Gasteiger partial charge in [-0.2, -0.15) is 11.8 Å². The molecule has 2 aliphatic heterocycles. The predicted molar refractivity (Wildman–Crippen MR) is 68.5 cm³/mol. The van der Waals surface area contributed by atoms with Crippen molar-refractivity contribution < 1.29 is 24.1 Å². The Kier molecular flexibility index (Phi) is 4.26. The molecule has 1 N–H and O–H groups in total. The van der Waals surface area contributed by atoms with Crippen molar-refractivity contribution in [2.45, 2.75) is 50.2 Å². The Balaban J connectivity index is 2.21. The largest absolute Gasteiger partial charge is 0.392 e. The highest BCUT2D eigenvalue weighted by Crippen LogP contribution is 2.41. The molecule has 0 unspecified atom stereocenters. The van der Waals surface area contributed by atoms with Crippen LogP contribution in [0.4, 0.5) is 0 Å². The maximum Gasteiger partial charge on any atom is 0.220 e. The van der Waals surface area contributed by atoms with Gasteiger partial charge >= 0.3 is 0 Å². The summed E-state index contributed by atoms with van der Waals surface area (Å²) in [7, 11) is 3.16. The van der Waals surface area contributed by atoms with Crippen LogP contribution in [0.5, 0.6) is 0 Å². The Morgan fingerprint density at radius 3 is 2.17 bits per heavy atom. The molecule has 6 heteroatoms. The van der Waals surface area contributed by atoms with Crippen molar-refractivity contribution in [2.24, 2.45) is 0 Å². The van der Waals surface area contributed by atoms with E-state index in [0.29, 0.717) is 12.2 Å². The summed E-state index contributed by atoms with van der Waals surface area (Å²) in [5.74, 6) is -0.413. The van der Waals surface area contributed by atoms with Gasteiger partial charge in [-0.3, -0.25) is 0 Å². The van der Waals surface area contributed by atoms with Gasteiger partial charge in [-0.15, -0.1) is 0 Å². The summed E-state index contributed by atoms with van der Waals surface area (Å²) < 4.78 is 23.0. The van der Waals surface area contributed by atoms with E-state index in [1.807, 2.05) is 6.92 Å². The summed E-state index contributed by atoms with van der Waals surface area (Å²) >= 11 is 1.68. The van der Waals surface area contributed by atoms with Crippen LogP contribution in [0.3, 0.4) is 0 Å². The molecular formula is C12H22O5S. The third kappa shape index (κ3) is 2.42. The zero-order valence-corrected chi connectivity index (χ0v) is 12.2. The summed E-state index contributed by atoms with van der Waals surface area (Å²) in [5, 5.41) is 9.83. The smallest absolute Gasteiger partial charge is 0.220 e. The van der Waals surface area contributed by atoms with Gasteiger partial charge in [-0.1, -0.05) is 0 Å². The van der Waals surface area contributed by atoms with Gasteiger partial charge in [0, 0.05) is 32.1 Å². The van der Waals surface area contributed by atoms with Crippen molar-refractivity contribution >= 4 is 11.8 Å². The summed E-state index contributed by atoms with van der Waals surface area (Å²) in [6.45, 7) is 3.62. The number of fused-ring (bicyclic) bond motifs is 1. The first-order valence-electron chi connectivity index (χ1n) is 6.16. The third-order valence-electron chi connectivity index (χ3n) is 3.87. The molecule has 0 aromatic heterocycles. The topological polar surface area (TPSA) is 57.2 Å². The lowest BCUT2D eigenvalue weighted by Crippen LogP contribution is -2.65. The molecule has 2 saturated heterocycles. The van der Waals surface area contributed by atoms with Gasteiger partial charge in [0.05, 0.1) is 18.3 Å². The average Bonchev–Trinajstić information content (AvgIpc) is 2.51. The molecule has 0 amide bonds. The molecule has 2 fully saturated rings. The number of hydrogen-bond acceptors (Lipinski definition) is 6. The number of methoxy groups -OCH3 is 2. The zero-order valence-electron chi connectivity index (χ0n) is 11.3. The number of rotatable bonds is 2. The van der Waals surface area contributed by atoms with Gasteiger partial charge < -0.3 is 24.1 Å². The van der Waals surface area contributed by atoms with Crippen molar-refractivity contribution in [1.29, 1.82) is 0 Å². The van der Waals surface area contributed by atoms with Crippen LogP contribution in [0, 0.1) is 0 Å². The number of ether oxygens (including phenoxy) is 4. The molecule has 0 aromatic carbocycles. The number of hydrogen-bond donors (Lipinski definition) is 1. The van der Waals surface area contributed by atoms with Crippen molar-refractivity contribution in [3.8, 4) is 0 Å². The molecule has 2 aliphatic rings. The Bertz CT molecular complexity index is 302. The van der Waals surface area contributed by atoms with Crippen LogP contribution in [-0.2, 0) is 18.9 Å². The second-order valence-electron chi connectivity index (χ2n) is 5.04. The normalized spacial score (nSPS) is 49.5. The minimum absolute atomic E-state index is 0.0830. The number of aliphatic hydroxyl groups is 1. The molecule has 0 saturated carbocycles. The standard InChI is InChI=1S/C12H22O5S/c1-11(14-3)12(2,15-4)17-10-7-18-6-8(13)5-9(10)16-11/h8-10,13H,5-7H2,1-4H3/t8-,9+,10+,11-,12-/m0/s1. The quantitative estimate of drug-likeness (QED) is 0.813. The minimum Gasteiger partial charge on any atom is -0.392 e. The molecule has 18 heavy (non-hydrogen) atoms. The van der Waals surface area contributed by atoms with Crippen molar-refractivity contribution in [3.05, 3.63) is 0 Å². The van der Waals surface area contributed by atoms with Gasteiger partial charge in [0.2, 0.25) is 11.6 Å². The van der Waals surface area contributed by atoms with Crippen LogP contribution in [0.25, 0.3) is 0 Å².